The van der Waals surface area contributed by atoms with E-state index in [1.165, 1.54) is 42.6 Å². The summed E-state index contributed by atoms with van der Waals surface area (Å²) in [6, 6.07) is 20.2. The Morgan fingerprint density at radius 1 is 0.789 bits per heavy atom. The first-order chi connectivity index (χ1) is 9.34. The van der Waals surface area contributed by atoms with E-state index in [1.54, 1.807) is 0 Å². The predicted molar refractivity (Wildman–Crippen MR) is 81.1 cm³/mol. The van der Waals surface area contributed by atoms with Gasteiger partial charge in [-0.2, -0.15) is 0 Å². The van der Waals surface area contributed by atoms with Crippen LogP contribution in [0.4, 0.5) is 0 Å². The lowest BCUT2D eigenvalue weighted by Crippen LogP contribution is -2.23. The summed E-state index contributed by atoms with van der Waals surface area (Å²) in [6.07, 6.45) is 2.71. The molecule has 1 aliphatic heterocycles. The average molecular weight is 251 g/mol. The summed E-state index contributed by atoms with van der Waals surface area (Å²) in [4.78, 5) is 2.58. The Labute approximate surface area is 115 Å². The molecule has 0 aromatic heterocycles. The fourth-order valence-electron chi connectivity index (χ4n) is 2.92. The van der Waals surface area contributed by atoms with Gasteiger partial charge in [-0.1, -0.05) is 54.6 Å². The third-order valence-corrected chi connectivity index (χ3v) is 4.19. The van der Waals surface area contributed by atoms with Crippen LogP contribution in [0.1, 0.15) is 31.4 Å². The third kappa shape index (κ3) is 2.71. The van der Waals surface area contributed by atoms with E-state index in [0.29, 0.717) is 6.04 Å². The molecule has 3 rings (SSSR count). The molecule has 1 nitrogen and oxygen atoms in total. The topological polar surface area (TPSA) is 3.24 Å². The molecule has 0 radical (unpaired) electrons. The Morgan fingerprint density at radius 3 is 2.00 bits per heavy atom. The zero-order chi connectivity index (χ0) is 13.1. The van der Waals surface area contributed by atoms with Crippen molar-refractivity contribution in [1.82, 2.24) is 4.90 Å². The Hall–Kier alpha value is -1.60. The Bertz CT molecular complexity index is 509. The summed E-state index contributed by atoms with van der Waals surface area (Å²) in [5.41, 5.74) is 4.03. The normalized spacial score (nSPS) is 17.5. The maximum Gasteiger partial charge on any atom is 0.0319 e. The molecule has 0 saturated carbocycles. The molecule has 1 fully saturated rings. The van der Waals surface area contributed by atoms with Gasteiger partial charge in [-0.25, -0.2) is 0 Å². The minimum atomic E-state index is 0.548. The highest BCUT2D eigenvalue weighted by Crippen LogP contribution is 2.26. The van der Waals surface area contributed by atoms with E-state index in [4.69, 9.17) is 0 Å². The zero-order valence-electron chi connectivity index (χ0n) is 11.5. The van der Waals surface area contributed by atoms with E-state index >= 15 is 0 Å². The largest absolute Gasteiger partial charge is 0.297 e. The van der Waals surface area contributed by atoms with Gasteiger partial charge in [0, 0.05) is 6.04 Å². The number of likely N-dealkylation sites (tertiary alicyclic amines) is 1. The van der Waals surface area contributed by atoms with Crippen LogP contribution < -0.4 is 0 Å². The van der Waals surface area contributed by atoms with Crippen LogP contribution in [0.2, 0.25) is 0 Å². The SMILES string of the molecule is CC(c1ccc(-c2ccccc2)cc1)N1CCCC1. The zero-order valence-corrected chi connectivity index (χ0v) is 11.5. The van der Waals surface area contributed by atoms with E-state index in [2.05, 4.69) is 66.4 Å². The van der Waals surface area contributed by atoms with Gasteiger partial charge in [-0.15, -0.1) is 0 Å². The van der Waals surface area contributed by atoms with Crippen molar-refractivity contribution < 1.29 is 0 Å². The molecule has 19 heavy (non-hydrogen) atoms. The highest BCUT2D eigenvalue weighted by molar-refractivity contribution is 5.63. The van der Waals surface area contributed by atoms with Gasteiger partial charge in [-0.05, 0) is 49.5 Å². The first kappa shape index (κ1) is 12.4. The molecule has 1 heteroatoms. The maximum atomic E-state index is 2.58. The van der Waals surface area contributed by atoms with Gasteiger partial charge in [0.05, 0.1) is 0 Å². The van der Waals surface area contributed by atoms with Crippen molar-refractivity contribution in [3.63, 3.8) is 0 Å². The lowest BCUT2D eigenvalue weighted by atomic mass is 10.0. The van der Waals surface area contributed by atoms with Crippen molar-refractivity contribution in [2.45, 2.75) is 25.8 Å². The lowest BCUT2D eigenvalue weighted by Gasteiger charge is -2.24. The first-order valence-electron chi connectivity index (χ1n) is 7.24. The van der Waals surface area contributed by atoms with Crippen molar-refractivity contribution in [3.8, 4) is 11.1 Å². The van der Waals surface area contributed by atoms with Crippen LogP contribution in [0.25, 0.3) is 11.1 Å². The fraction of sp³-hybridized carbons (Fsp3) is 0.333. The standard InChI is InChI=1S/C18H21N/c1-15(19-13-5-6-14-19)16-9-11-18(12-10-16)17-7-3-2-4-8-17/h2-4,7-12,15H,5-6,13-14H2,1H3. The summed E-state index contributed by atoms with van der Waals surface area (Å²) in [6.45, 7) is 4.83. The Kier molecular flexibility index (Phi) is 3.65. The highest BCUT2D eigenvalue weighted by Gasteiger charge is 2.19. The molecule has 0 aliphatic carbocycles. The van der Waals surface area contributed by atoms with Gasteiger partial charge < -0.3 is 0 Å². The maximum absolute atomic E-state index is 2.58. The molecule has 0 N–H and O–H groups in total. The molecule has 1 aliphatic rings. The monoisotopic (exact) mass is 251 g/mol. The summed E-state index contributed by atoms with van der Waals surface area (Å²) < 4.78 is 0. The van der Waals surface area contributed by atoms with E-state index < -0.39 is 0 Å². The third-order valence-electron chi connectivity index (χ3n) is 4.19. The van der Waals surface area contributed by atoms with Crippen molar-refractivity contribution in [3.05, 3.63) is 60.2 Å². The molecule has 0 amide bonds. The van der Waals surface area contributed by atoms with Crippen LogP contribution in [-0.4, -0.2) is 18.0 Å². The van der Waals surface area contributed by atoms with E-state index in [9.17, 15) is 0 Å². The Balaban J connectivity index is 1.79. The van der Waals surface area contributed by atoms with Gasteiger partial charge in [0.1, 0.15) is 0 Å². The van der Waals surface area contributed by atoms with Gasteiger partial charge >= 0.3 is 0 Å². The van der Waals surface area contributed by atoms with Gasteiger partial charge in [0.25, 0.3) is 0 Å². The second kappa shape index (κ2) is 5.58. The van der Waals surface area contributed by atoms with Crippen LogP contribution in [0.5, 0.6) is 0 Å². The van der Waals surface area contributed by atoms with E-state index in [1.807, 2.05) is 0 Å². The molecule has 0 spiro atoms. The molecular formula is C18H21N. The van der Waals surface area contributed by atoms with Gasteiger partial charge in [0.2, 0.25) is 0 Å². The number of benzene rings is 2. The average Bonchev–Trinajstić information content (AvgIpc) is 3.02. The minimum Gasteiger partial charge on any atom is -0.297 e. The first-order valence-corrected chi connectivity index (χ1v) is 7.24. The molecule has 1 heterocycles. The van der Waals surface area contributed by atoms with Crippen LogP contribution >= 0.6 is 0 Å². The van der Waals surface area contributed by atoms with Crippen LogP contribution in [0, 0.1) is 0 Å². The molecule has 1 atom stereocenters. The second-order valence-electron chi connectivity index (χ2n) is 5.41. The molecule has 0 bridgehead atoms. The quantitative estimate of drug-likeness (QED) is 0.775. The summed E-state index contributed by atoms with van der Waals surface area (Å²) in [5.74, 6) is 0. The highest BCUT2D eigenvalue weighted by atomic mass is 15.2. The van der Waals surface area contributed by atoms with Crippen LogP contribution in [0.15, 0.2) is 54.6 Å². The molecular weight excluding hydrogens is 230 g/mol. The molecule has 1 unspecified atom stereocenters. The van der Waals surface area contributed by atoms with E-state index in [-0.39, 0.29) is 0 Å². The van der Waals surface area contributed by atoms with Crippen molar-refractivity contribution in [2.75, 3.05) is 13.1 Å². The smallest absolute Gasteiger partial charge is 0.0319 e. The Morgan fingerprint density at radius 2 is 1.37 bits per heavy atom. The lowest BCUT2D eigenvalue weighted by molar-refractivity contribution is 0.263. The number of rotatable bonds is 3. The summed E-state index contributed by atoms with van der Waals surface area (Å²) in [7, 11) is 0. The number of hydrogen-bond acceptors (Lipinski definition) is 1. The van der Waals surface area contributed by atoms with Crippen LogP contribution in [0.3, 0.4) is 0 Å². The molecule has 98 valence electrons. The molecule has 2 aromatic rings. The van der Waals surface area contributed by atoms with Crippen molar-refractivity contribution in [1.29, 1.82) is 0 Å². The summed E-state index contributed by atoms with van der Waals surface area (Å²) >= 11 is 0. The number of hydrogen-bond donors (Lipinski definition) is 0. The van der Waals surface area contributed by atoms with Crippen molar-refractivity contribution >= 4 is 0 Å². The fourth-order valence-corrected chi connectivity index (χ4v) is 2.92. The second-order valence-corrected chi connectivity index (χ2v) is 5.41. The van der Waals surface area contributed by atoms with Gasteiger partial charge in [-0.3, -0.25) is 4.90 Å². The summed E-state index contributed by atoms with van der Waals surface area (Å²) in [5, 5.41) is 0. The van der Waals surface area contributed by atoms with Crippen LogP contribution in [-0.2, 0) is 0 Å². The molecule has 1 saturated heterocycles. The number of nitrogens with zero attached hydrogens (tertiary/aromatic N) is 1. The minimum absolute atomic E-state index is 0.548. The van der Waals surface area contributed by atoms with Crippen molar-refractivity contribution in [2.24, 2.45) is 0 Å². The van der Waals surface area contributed by atoms with Gasteiger partial charge in [0.15, 0.2) is 0 Å². The van der Waals surface area contributed by atoms with E-state index in [0.717, 1.165) is 0 Å². The predicted octanol–water partition coefficient (Wildman–Crippen LogP) is 4.51. The molecule has 2 aromatic carbocycles.